The molecule has 0 saturated heterocycles. The van der Waals surface area contributed by atoms with Gasteiger partial charge in [-0.1, -0.05) is 29.3 Å². The van der Waals surface area contributed by atoms with Crippen molar-refractivity contribution >= 4 is 39.8 Å². The predicted octanol–water partition coefficient (Wildman–Crippen LogP) is 4.48. The molecular weight excluding hydrogens is 281 g/mol. The Morgan fingerprint density at radius 1 is 1.11 bits per heavy atom. The highest BCUT2D eigenvalue weighted by Crippen LogP contribution is 2.25. The second-order valence-electron chi connectivity index (χ2n) is 4.23. The topological polar surface area (TPSA) is 40.7 Å². The van der Waals surface area contributed by atoms with Crippen molar-refractivity contribution in [2.75, 3.05) is 5.32 Å². The first-order valence-corrected chi connectivity index (χ1v) is 6.59. The smallest absolute Gasteiger partial charge is 0.0651 e. The van der Waals surface area contributed by atoms with Gasteiger partial charge in [-0.2, -0.15) is 5.10 Å². The van der Waals surface area contributed by atoms with E-state index in [9.17, 15) is 0 Å². The van der Waals surface area contributed by atoms with Gasteiger partial charge in [0.25, 0.3) is 0 Å². The van der Waals surface area contributed by atoms with E-state index < -0.39 is 0 Å². The summed E-state index contributed by atoms with van der Waals surface area (Å²) in [6.07, 6.45) is 1.79. The molecule has 0 fully saturated rings. The fourth-order valence-electron chi connectivity index (χ4n) is 1.94. The first-order valence-electron chi connectivity index (χ1n) is 5.84. The van der Waals surface area contributed by atoms with Crippen LogP contribution in [0.25, 0.3) is 10.9 Å². The number of H-pyrrole nitrogens is 1. The predicted molar refractivity (Wildman–Crippen MR) is 79.9 cm³/mol. The van der Waals surface area contributed by atoms with Crippen LogP contribution in [0.2, 0.25) is 10.0 Å². The number of hydrogen-bond donors (Lipinski definition) is 2. The molecule has 3 nitrogen and oxygen atoms in total. The first-order chi connectivity index (χ1) is 9.24. The lowest BCUT2D eigenvalue weighted by Gasteiger charge is -2.09. The Kier molecular flexibility index (Phi) is 3.32. The molecule has 3 rings (SSSR count). The van der Waals surface area contributed by atoms with Gasteiger partial charge in [-0.05, 0) is 30.3 Å². The van der Waals surface area contributed by atoms with Gasteiger partial charge in [-0.25, -0.2) is 0 Å². The van der Waals surface area contributed by atoms with Crippen molar-refractivity contribution in [3.8, 4) is 0 Å². The summed E-state index contributed by atoms with van der Waals surface area (Å²) in [5.74, 6) is 0. The number of aromatic amines is 1. The number of fused-ring (bicyclic) bond motifs is 1. The molecule has 0 amide bonds. The summed E-state index contributed by atoms with van der Waals surface area (Å²) in [5.41, 5.74) is 2.92. The Morgan fingerprint density at radius 3 is 2.68 bits per heavy atom. The first kappa shape index (κ1) is 12.3. The van der Waals surface area contributed by atoms with Crippen molar-refractivity contribution in [2.24, 2.45) is 0 Å². The monoisotopic (exact) mass is 291 g/mol. The molecule has 0 saturated carbocycles. The van der Waals surface area contributed by atoms with Crippen molar-refractivity contribution in [3.05, 3.63) is 58.2 Å². The van der Waals surface area contributed by atoms with Gasteiger partial charge in [0, 0.05) is 33.2 Å². The van der Waals surface area contributed by atoms with Crippen molar-refractivity contribution in [2.45, 2.75) is 6.54 Å². The van der Waals surface area contributed by atoms with Crippen LogP contribution in [0.4, 0.5) is 5.69 Å². The second kappa shape index (κ2) is 5.11. The third-order valence-electron chi connectivity index (χ3n) is 2.97. The highest BCUT2D eigenvalue weighted by molar-refractivity contribution is 6.36. The van der Waals surface area contributed by atoms with Gasteiger partial charge < -0.3 is 5.32 Å². The second-order valence-corrected chi connectivity index (χ2v) is 5.04. The SMILES string of the molecule is Clc1cccc(Cl)c1CNc1ccc2[nH]ncc2c1. The molecule has 0 radical (unpaired) electrons. The minimum Gasteiger partial charge on any atom is -0.381 e. The lowest BCUT2D eigenvalue weighted by molar-refractivity contribution is 1.12. The normalized spacial score (nSPS) is 10.8. The zero-order chi connectivity index (χ0) is 13.2. The van der Waals surface area contributed by atoms with Crippen LogP contribution < -0.4 is 5.32 Å². The average Bonchev–Trinajstić information content (AvgIpc) is 2.85. The van der Waals surface area contributed by atoms with E-state index in [1.54, 1.807) is 6.20 Å². The maximum Gasteiger partial charge on any atom is 0.0651 e. The number of benzene rings is 2. The minimum atomic E-state index is 0.585. The summed E-state index contributed by atoms with van der Waals surface area (Å²) in [5, 5.41) is 12.6. The van der Waals surface area contributed by atoms with Gasteiger partial charge in [0.15, 0.2) is 0 Å². The molecule has 0 atom stereocenters. The third-order valence-corrected chi connectivity index (χ3v) is 3.68. The molecule has 1 aromatic heterocycles. The molecule has 0 aliphatic heterocycles. The number of aromatic nitrogens is 2. The van der Waals surface area contributed by atoms with Crippen LogP contribution in [0.1, 0.15) is 5.56 Å². The molecule has 1 heterocycles. The Balaban J connectivity index is 1.82. The maximum absolute atomic E-state index is 6.13. The summed E-state index contributed by atoms with van der Waals surface area (Å²) in [6, 6.07) is 11.5. The van der Waals surface area contributed by atoms with Crippen LogP contribution >= 0.6 is 23.2 Å². The molecule has 3 aromatic rings. The fourth-order valence-corrected chi connectivity index (χ4v) is 2.48. The Labute approximate surface area is 120 Å². The van der Waals surface area contributed by atoms with Gasteiger partial charge in [0.2, 0.25) is 0 Å². The summed E-state index contributed by atoms with van der Waals surface area (Å²) in [4.78, 5) is 0. The van der Waals surface area contributed by atoms with Gasteiger partial charge in [-0.15, -0.1) is 0 Å². The number of halogens is 2. The maximum atomic E-state index is 6.13. The van der Waals surface area contributed by atoms with E-state index in [0.717, 1.165) is 22.2 Å². The van der Waals surface area contributed by atoms with Crippen molar-refractivity contribution in [1.29, 1.82) is 0 Å². The lowest BCUT2D eigenvalue weighted by Crippen LogP contribution is -2.00. The van der Waals surface area contributed by atoms with E-state index in [4.69, 9.17) is 23.2 Å². The standard InChI is InChI=1S/C14H11Cl2N3/c15-12-2-1-3-13(16)11(12)8-17-10-4-5-14-9(6-10)7-18-19-14/h1-7,17H,8H2,(H,18,19). The van der Waals surface area contributed by atoms with E-state index in [1.807, 2.05) is 36.4 Å². The van der Waals surface area contributed by atoms with Crippen LogP contribution in [0.5, 0.6) is 0 Å². The summed E-state index contributed by atoms with van der Waals surface area (Å²) in [6.45, 7) is 0.585. The van der Waals surface area contributed by atoms with E-state index >= 15 is 0 Å². The molecule has 0 bridgehead atoms. The molecule has 2 N–H and O–H groups in total. The average molecular weight is 292 g/mol. The van der Waals surface area contributed by atoms with E-state index in [0.29, 0.717) is 16.6 Å². The molecular formula is C14H11Cl2N3. The third kappa shape index (κ3) is 2.53. The van der Waals surface area contributed by atoms with Crippen molar-refractivity contribution in [1.82, 2.24) is 10.2 Å². The van der Waals surface area contributed by atoms with E-state index in [1.165, 1.54) is 0 Å². The number of hydrogen-bond acceptors (Lipinski definition) is 2. The van der Waals surface area contributed by atoms with Crippen molar-refractivity contribution in [3.63, 3.8) is 0 Å². The Hall–Kier alpha value is -1.71. The molecule has 96 valence electrons. The van der Waals surface area contributed by atoms with Crippen molar-refractivity contribution < 1.29 is 0 Å². The number of anilines is 1. The summed E-state index contributed by atoms with van der Waals surface area (Å²) < 4.78 is 0. The van der Waals surface area contributed by atoms with Gasteiger partial charge in [-0.3, -0.25) is 5.10 Å². The van der Waals surface area contributed by atoms with E-state index in [2.05, 4.69) is 15.5 Å². The quantitative estimate of drug-likeness (QED) is 0.747. The van der Waals surface area contributed by atoms with E-state index in [-0.39, 0.29) is 0 Å². The number of rotatable bonds is 3. The molecule has 0 unspecified atom stereocenters. The van der Waals surface area contributed by atoms with Crippen LogP contribution in [0, 0.1) is 0 Å². The molecule has 19 heavy (non-hydrogen) atoms. The molecule has 0 aliphatic carbocycles. The molecule has 5 heteroatoms. The fraction of sp³-hybridized carbons (Fsp3) is 0.0714. The lowest BCUT2D eigenvalue weighted by atomic mass is 10.2. The summed E-state index contributed by atoms with van der Waals surface area (Å²) in [7, 11) is 0. The van der Waals surface area contributed by atoms with Crippen LogP contribution in [-0.2, 0) is 6.54 Å². The Morgan fingerprint density at radius 2 is 1.89 bits per heavy atom. The zero-order valence-electron chi connectivity index (χ0n) is 9.95. The minimum absolute atomic E-state index is 0.585. The molecule has 2 aromatic carbocycles. The van der Waals surface area contributed by atoms with Gasteiger partial charge in [0.1, 0.15) is 0 Å². The largest absolute Gasteiger partial charge is 0.381 e. The highest BCUT2D eigenvalue weighted by Gasteiger charge is 2.05. The van der Waals surface area contributed by atoms with Crippen LogP contribution in [0.3, 0.4) is 0 Å². The molecule has 0 spiro atoms. The van der Waals surface area contributed by atoms with Crippen LogP contribution in [-0.4, -0.2) is 10.2 Å². The van der Waals surface area contributed by atoms with Crippen LogP contribution in [0.15, 0.2) is 42.6 Å². The van der Waals surface area contributed by atoms with Gasteiger partial charge >= 0.3 is 0 Å². The van der Waals surface area contributed by atoms with Gasteiger partial charge in [0.05, 0.1) is 11.7 Å². The zero-order valence-corrected chi connectivity index (χ0v) is 11.5. The number of nitrogens with one attached hydrogen (secondary N) is 2. The Bertz CT molecular complexity index is 701. The number of nitrogens with zero attached hydrogens (tertiary/aromatic N) is 1. The highest BCUT2D eigenvalue weighted by atomic mass is 35.5. The summed E-state index contributed by atoms with van der Waals surface area (Å²) >= 11 is 12.3. The molecule has 0 aliphatic rings.